The van der Waals surface area contributed by atoms with Crippen molar-refractivity contribution in [3.8, 4) is 0 Å². The van der Waals surface area contributed by atoms with Gasteiger partial charge in [0.25, 0.3) is 0 Å². The van der Waals surface area contributed by atoms with E-state index in [-0.39, 0.29) is 30.5 Å². The van der Waals surface area contributed by atoms with Gasteiger partial charge in [0.2, 0.25) is 0 Å². The van der Waals surface area contributed by atoms with E-state index in [1.807, 2.05) is 6.07 Å². The number of benzene rings is 1. The maximum absolute atomic E-state index is 10.9. The first-order valence-electron chi connectivity index (χ1n) is 10.5. The van der Waals surface area contributed by atoms with Gasteiger partial charge in [-0.3, -0.25) is 4.90 Å². The number of carboxylic acids is 1. The van der Waals surface area contributed by atoms with Gasteiger partial charge in [0.15, 0.2) is 0 Å². The summed E-state index contributed by atoms with van der Waals surface area (Å²) in [6, 6.07) is 15.2. The number of aromatic carboxylic acids is 1. The van der Waals surface area contributed by atoms with Gasteiger partial charge in [-0.25, -0.2) is 9.78 Å². The average molecular weight is 464 g/mol. The van der Waals surface area contributed by atoms with Crippen LogP contribution in [0.4, 0.5) is 0 Å². The zero-order chi connectivity index (χ0) is 20.2. The SMILES string of the molecule is C/C(=C\c1ccccc1)C1CC1NC1CCN(Cc2ccc(C(=O)O)nc2)CC1.Cl.Cl. The standard InChI is InChI=1S/C24H29N3O2.2ClH/c1-17(13-18-5-3-2-4-6-18)21-14-23(21)26-20-9-11-27(12-10-20)16-19-7-8-22(24(28)29)25-15-19;;/h2-8,13,15,20-21,23,26H,9-12,14,16H2,1H3,(H,28,29);2*1H/b17-13+;;. The molecule has 2 fully saturated rings. The van der Waals surface area contributed by atoms with Crippen LogP contribution in [0.25, 0.3) is 6.08 Å². The van der Waals surface area contributed by atoms with Crippen molar-refractivity contribution < 1.29 is 9.90 Å². The molecular weight excluding hydrogens is 433 g/mol. The molecule has 5 nitrogen and oxygen atoms in total. The van der Waals surface area contributed by atoms with Gasteiger partial charge in [0, 0.05) is 24.8 Å². The number of hydrogen-bond donors (Lipinski definition) is 2. The molecule has 2 aromatic rings. The van der Waals surface area contributed by atoms with Crippen LogP contribution in [0.15, 0.2) is 54.2 Å². The third-order valence-electron chi connectivity index (χ3n) is 6.06. The molecule has 168 valence electrons. The summed E-state index contributed by atoms with van der Waals surface area (Å²) >= 11 is 0. The summed E-state index contributed by atoms with van der Waals surface area (Å²) in [6.07, 6.45) is 7.57. The number of aromatic nitrogens is 1. The Hall–Kier alpha value is -1.92. The van der Waals surface area contributed by atoms with E-state index in [1.54, 1.807) is 12.3 Å². The van der Waals surface area contributed by atoms with Crippen molar-refractivity contribution in [1.29, 1.82) is 0 Å². The van der Waals surface area contributed by atoms with E-state index < -0.39 is 5.97 Å². The summed E-state index contributed by atoms with van der Waals surface area (Å²) in [7, 11) is 0. The molecule has 0 spiro atoms. The molecule has 0 radical (unpaired) electrons. The Balaban J connectivity index is 0.00000171. The molecule has 2 aliphatic rings. The predicted octanol–water partition coefficient (Wildman–Crippen LogP) is 4.67. The van der Waals surface area contributed by atoms with Crippen LogP contribution < -0.4 is 5.32 Å². The van der Waals surface area contributed by atoms with Crippen molar-refractivity contribution in [3.63, 3.8) is 0 Å². The molecule has 2 unspecified atom stereocenters. The lowest BCUT2D eigenvalue weighted by molar-refractivity contribution is 0.0690. The second-order valence-corrected chi connectivity index (χ2v) is 8.32. The number of piperidine rings is 1. The van der Waals surface area contributed by atoms with Gasteiger partial charge in [-0.1, -0.05) is 48.0 Å². The van der Waals surface area contributed by atoms with Crippen LogP contribution in [0.2, 0.25) is 0 Å². The van der Waals surface area contributed by atoms with Crippen LogP contribution in [0.3, 0.4) is 0 Å². The van der Waals surface area contributed by atoms with E-state index in [9.17, 15) is 4.79 Å². The Labute approximate surface area is 196 Å². The van der Waals surface area contributed by atoms with Crippen LogP contribution in [0, 0.1) is 5.92 Å². The number of pyridine rings is 1. The molecule has 1 aromatic carbocycles. The smallest absolute Gasteiger partial charge is 0.354 e. The highest BCUT2D eigenvalue weighted by atomic mass is 35.5. The highest BCUT2D eigenvalue weighted by molar-refractivity contribution is 5.86. The highest BCUT2D eigenvalue weighted by Crippen LogP contribution is 2.38. The van der Waals surface area contributed by atoms with Crippen LogP contribution in [0.5, 0.6) is 0 Å². The van der Waals surface area contributed by atoms with E-state index in [0.717, 1.165) is 38.0 Å². The normalized spacial score (nSPS) is 21.6. The van der Waals surface area contributed by atoms with Crippen molar-refractivity contribution in [2.45, 2.75) is 44.8 Å². The molecule has 0 bridgehead atoms. The molecule has 2 atom stereocenters. The second kappa shape index (κ2) is 11.6. The minimum absolute atomic E-state index is 0. The second-order valence-electron chi connectivity index (χ2n) is 8.32. The van der Waals surface area contributed by atoms with Gasteiger partial charge >= 0.3 is 5.97 Å². The summed E-state index contributed by atoms with van der Waals surface area (Å²) in [5.41, 5.74) is 3.94. The lowest BCUT2D eigenvalue weighted by Crippen LogP contribution is -2.43. The maximum Gasteiger partial charge on any atom is 0.354 e. The third-order valence-corrected chi connectivity index (χ3v) is 6.06. The molecule has 2 N–H and O–H groups in total. The van der Waals surface area contributed by atoms with Gasteiger partial charge in [0.1, 0.15) is 5.69 Å². The number of carbonyl (C=O) groups is 1. The van der Waals surface area contributed by atoms with E-state index in [4.69, 9.17) is 5.11 Å². The molecular formula is C24H31Cl2N3O2. The number of halogens is 2. The fraction of sp³-hybridized carbons (Fsp3) is 0.417. The molecule has 1 aromatic heterocycles. The summed E-state index contributed by atoms with van der Waals surface area (Å²) in [6.45, 7) is 5.22. The number of rotatable bonds is 7. The maximum atomic E-state index is 10.9. The quantitative estimate of drug-likeness (QED) is 0.624. The number of nitrogens with one attached hydrogen (secondary N) is 1. The van der Waals surface area contributed by atoms with Crippen molar-refractivity contribution in [1.82, 2.24) is 15.2 Å². The van der Waals surface area contributed by atoms with Crippen molar-refractivity contribution in [2.24, 2.45) is 5.92 Å². The summed E-state index contributed by atoms with van der Waals surface area (Å²) < 4.78 is 0. The Morgan fingerprint density at radius 3 is 2.48 bits per heavy atom. The Bertz CT molecular complexity index is 866. The van der Waals surface area contributed by atoms with Crippen LogP contribution in [-0.4, -0.2) is 46.1 Å². The Morgan fingerprint density at radius 1 is 1.16 bits per heavy atom. The fourth-order valence-corrected chi connectivity index (χ4v) is 4.26. The van der Waals surface area contributed by atoms with Crippen molar-refractivity contribution in [2.75, 3.05) is 13.1 Å². The molecule has 1 aliphatic carbocycles. The highest BCUT2D eigenvalue weighted by Gasteiger charge is 2.39. The molecule has 1 saturated carbocycles. The number of nitrogens with zero attached hydrogens (tertiary/aromatic N) is 2. The van der Waals surface area contributed by atoms with Crippen molar-refractivity contribution >= 4 is 36.9 Å². The summed E-state index contributed by atoms with van der Waals surface area (Å²) in [5.74, 6) is -0.303. The summed E-state index contributed by atoms with van der Waals surface area (Å²) in [5, 5.41) is 12.8. The molecule has 2 heterocycles. The fourth-order valence-electron chi connectivity index (χ4n) is 4.26. The van der Waals surface area contributed by atoms with Gasteiger partial charge in [-0.2, -0.15) is 0 Å². The van der Waals surface area contributed by atoms with Gasteiger partial charge in [-0.05, 0) is 62.4 Å². The first-order valence-corrected chi connectivity index (χ1v) is 10.5. The molecule has 1 aliphatic heterocycles. The zero-order valence-corrected chi connectivity index (χ0v) is 19.4. The third kappa shape index (κ3) is 7.04. The first kappa shape index (κ1) is 25.3. The van der Waals surface area contributed by atoms with Crippen LogP contribution in [0.1, 0.15) is 47.8 Å². The molecule has 7 heteroatoms. The van der Waals surface area contributed by atoms with Crippen LogP contribution in [-0.2, 0) is 6.54 Å². The molecule has 0 amide bonds. The van der Waals surface area contributed by atoms with Gasteiger partial charge < -0.3 is 10.4 Å². The van der Waals surface area contributed by atoms with Gasteiger partial charge in [0.05, 0.1) is 0 Å². The summed E-state index contributed by atoms with van der Waals surface area (Å²) in [4.78, 5) is 17.4. The largest absolute Gasteiger partial charge is 0.477 e. The van der Waals surface area contributed by atoms with Crippen LogP contribution >= 0.6 is 24.8 Å². The molecule has 1 saturated heterocycles. The lowest BCUT2D eigenvalue weighted by Gasteiger charge is -2.32. The molecule has 31 heavy (non-hydrogen) atoms. The minimum atomic E-state index is -0.976. The number of likely N-dealkylation sites (tertiary alicyclic amines) is 1. The van der Waals surface area contributed by atoms with E-state index >= 15 is 0 Å². The van der Waals surface area contributed by atoms with E-state index in [0.29, 0.717) is 18.0 Å². The minimum Gasteiger partial charge on any atom is -0.477 e. The van der Waals surface area contributed by atoms with E-state index in [1.165, 1.54) is 17.6 Å². The Morgan fingerprint density at radius 2 is 1.87 bits per heavy atom. The number of carboxylic acid groups (broad SMARTS) is 1. The lowest BCUT2D eigenvalue weighted by atomic mass is 10.0. The number of hydrogen-bond acceptors (Lipinski definition) is 4. The van der Waals surface area contributed by atoms with E-state index in [2.05, 4.69) is 58.5 Å². The predicted molar refractivity (Wildman–Crippen MR) is 129 cm³/mol. The Kier molecular flexibility index (Phi) is 9.51. The topological polar surface area (TPSA) is 65.5 Å². The molecule has 4 rings (SSSR count). The van der Waals surface area contributed by atoms with Gasteiger partial charge in [-0.15, -0.1) is 24.8 Å². The first-order chi connectivity index (χ1) is 14.1. The monoisotopic (exact) mass is 463 g/mol. The average Bonchev–Trinajstić information content (AvgIpc) is 3.50. The van der Waals surface area contributed by atoms with Crippen molar-refractivity contribution in [3.05, 3.63) is 71.1 Å². The zero-order valence-electron chi connectivity index (χ0n) is 17.7.